The van der Waals surface area contributed by atoms with E-state index in [2.05, 4.69) is 41.8 Å². The van der Waals surface area contributed by atoms with Gasteiger partial charge in [-0.1, -0.05) is 29.8 Å². The van der Waals surface area contributed by atoms with Crippen LogP contribution < -0.4 is 10.6 Å². The summed E-state index contributed by atoms with van der Waals surface area (Å²) in [6.45, 7) is 5.75. The van der Waals surface area contributed by atoms with Gasteiger partial charge in [0.2, 0.25) is 5.91 Å². The molecule has 4 heteroatoms. The van der Waals surface area contributed by atoms with E-state index in [0.717, 1.165) is 25.8 Å². The topological polar surface area (TPSA) is 41.1 Å². The molecule has 1 aliphatic heterocycles. The predicted molar refractivity (Wildman–Crippen MR) is 85.4 cm³/mol. The summed E-state index contributed by atoms with van der Waals surface area (Å²) >= 11 is 0. The van der Waals surface area contributed by atoms with Crippen molar-refractivity contribution in [1.82, 2.24) is 10.6 Å². The number of rotatable bonds is 4. The Labute approximate surface area is 127 Å². The van der Waals surface area contributed by atoms with Crippen molar-refractivity contribution in [3.63, 3.8) is 0 Å². The average molecular weight is 297 g/mol. The maximum atomic E-state index is 12.2. The van der Waals surface area contributed by atoms with Gasteiger partial charge in [-0.05, 0) is 51.6 Å². The Balaban J connectivity index is 0.00000200. The highest BCUT2D eigenvalue weighted by Gasteiger charge is 2.33. The van der Waals surface area contributed by atoms with Crippen LogP contribution in [-0.2, 0) is 11.2 Å². The van der Waals surface area contributed by atoms with Gasteiger partial charge in [0.1, 0.15) is 0 Å². The molecule has 1 amide bonds. The van der Waals surface area contributed by atoms with Crippen LogP contribution in [0.3, 0.4) is 0 Å². The van der Waals surface area contributed by atoms with Crippen molar-refractivity contribution in [1.29, 1.82) is 0 Å². The first-order valence-corrected chi connectivity index (χ1v) is 7.19. The molecule has 1 unspecified atom stereocenters. The van der Waals surface area contributed by atoms with Crippen molar-refractivity contribution < 1.29 is 4.79 Å². The molecule has 2 N–H and O–H groups in total. The lowest BCUT2D eigenvalue weighted by molar-refractivity contribution is -0.127. The zero-order valence-corrected chi connectivity index (χ0v) is 13.2. The molecule has 2 rings (SSSR count). The summed E-state index contributed by atoms with van der Waals surface area (Å²) in [6, 6.07) is 8.44. The molecule has 0 bridgehead atoms. The molecule has 112 valence electrons. The van der Waals surface area contributed by atoms with Gasteiger partial charge in [0.25, 0.3) is 0 Å². The van der Waals surface area contributed by atoms with Crippen LogP contribution in [0.25, 0.3) is 0 Å². The Kier molecular flexibility index (Phi) is 6.50. The zero-order valence-electron chi connectivity index (χ0n) is 12.4. The van der Waals surface area contributed by atoms with E-state index < -0.39 is 0 Å². The van der Waals surface area contributed by atoms with Gasteiger partial charge in [0.15, 0.2) is 0 Å². The SMILES string of the molecule is Cc1cccc(CCNC(=O)C2(C)CCCCN2)c1.Cl. The molecule has 1 heterocycles. The summed E-state index contributed by atoms with van der Waals surface area (Å²) in [5, 5.41) is 6.40. The Morgan fingerprint density at radius 1 is 1.40 bits per heavy atom. The highest BCUT2D eigenvalue weighted by molar-refractivity contribution is 5.86. The zero-order chi connectivity index (χ0) is 13.7. The normalized spacial score (nSPS) is 21.9. The van der Waals surface area contributed by atoms with E-state index >= 15 is 0 Å². The van der Waals surface area contributed by atoms with Crippen LogP contribution in [-0.4, -0.2) is 24.5 Å². The number of amides is 1. The van der Waals surface area contributed by atoms with Crippen LogP contribution in [0.5, 0.6) is 0 Å². The van der Waals surface area contributed by atoms with E-state index in [0.29, 0.717) is 6.54 Å². The molecule has 1 saturated heterocycles. The van der Waals surface area contributed by atoms with Crippen LogP contribution in [0, 0.1) is 6.92 Å². The second-order valence-corrected chi connectivity index (χ2v) is 5.71. The number of hydrogen-bond donors (Lipinski definition) is 2. The summed E-state index contributed by atoms with van der Waals surface area (Å²) in [4.78, 5) is 12.2. The number of benzene rings is 1. The highest BCUT2D eigenvalue weighted by Crippen LogP contribution is 2.18. The molecule has 1 aliphatic rings. The summed E-state index contributed by atoms with van der Waals surface area (Å²) < 4.78 is 0. The third-order valence-electron chi connectivity index (χ3n) is 3.90. The average Bonchev–Trinajstić information content (AvgIpc) is 2.39. The number of nitrogens with one attached hydrogen (secondary N) is 2. The fourth-order valence-electron chi connectivity index (χ4n) is 2.63. The molecule has 1 aromatic carbocycles. The van der Waals surface area contributed by atoms with Gasteiger partial charge < -0.3 is 10.6 Å². The lowest BCUT2D eigenvalue weighted by atomic mass is 9.90. The van der Waals surface area contributed by atoms with Gasteiger partial charge in [-0.25, -0.2) is 0 Å². The molecule has 0 aromatic heterocycles. The van der Waals surface area contributed by atoms with E-state index in [1.54, 1.807) is 0 Å². The smallest absolute Gasteiger partial charge is 0.240 e. The number of hydrogen-bond acceptors (Lipinski definition) is 2. The molecular formula is C16H25ClN2O. The first kappa shape index (κ1) is 17.0. The molecule has 0 saturated carbocycles. The van der Waals surface area contributed by atoms with Gasteiger partial charge in [-0.15, -0.1) is 12.4 Å². The molecular weight excluding hydrogens is 272 g/mol. The molecule has 20 heavy (non-hydrogen) atoms. The van der Waals surface area contributed by atoms with E-state index in [1.165, 1.54) is 17.5 Å². The van der Waals surface area contributed by atoms with Crippen LogP contribution in [0.1, 0.15) is 37.3 Å². The van der Waals surface area contributed by atoms with Crippen molar-refractivity contribution in [2.45, 2.75) is 45.1 Å². The lowest BCUT2D eigenvalue weighted by Crippen LogP contribution is -2.57. The van der Waals surface area contributed by atoms with Gasteiger partial charge in [-0.3, -0.25) is 4.79 Å². The molecule has 1 atom stereocenters. The maximum absolute atomic E-state index is 12.2. The number of aryl methyl sites for hydroxylation is 1. The van der Waals surface area contributed by atoms with Crippen molar-refractivity contribution >= 4 is 18.3 Å². The molecule has 3 nitrogen and oxygen atoms in total. The fraction of sp³-hybridized carbons (Fsp3) is 0.562. The van der Waals surface area contributed by atoms with E-state index in [4.69, 9.17) is 0 Å². The van der Waals surface area contributed by atoms with Crippen molar-refractivity contribution in [2.24, 2.45) is 0 Å². The second-order valence-electron chi connectivity index (χ2n) is 5.71. The third-order valence-corrected chi connectivity index (χ3v) is 3.90. The number of carbonyl (C=O) groups excluding carboxylic acids is 1. The van der Waals surface area contributed by atoms with E-state index in [-0.39, 0.29) is 23.9 Å². The fourth-order valence-corrected chi connectivity index (χ4v) is 2.63. The van der Waals surface area contributed by atoms with Crippen LogP contribution in [0.2, 0.25) is 0 Å². The summed E-state index contributed by atoms with van der Waals surface area (Å²) in [6.07, 6.45) is 4.13. The largest absolute Gasteiger partial charge is 0.354 e. The number of halogens is 1. The standard InChI is InChI=1S/C16H24N2O.ClH/c1-13-6-5-7-14(12-13)8-11-17-15(19)16(2)9-3-4-10-18-16;/h5-7,12,18H,3-4,8-11H2,1-2H3,(H,17,19);1H. The van der Waals surface area contributed by atoms with Crippen molar-refractivity contribution in [3.05, 3.63) is 35.4 Å². The molecule has 1 fully saturated rings. The Hall–Kier alpha value is -1.06. The van der Waals surface area contributed by atoms with Gasteiger partial charge in [-0.2, -0.15) is 0 Å². The molecule has 0 radical (unpaired) electrons. The summed E-state index contributed by atoms with van der Waals surface area (Å²) in [7, 11) is 0. The van der Waals surface area contributed by atoms with Gasteiger partial charge >= 0.3 is 0 Å². The van der Waals surface area contributed by atoms with Crippen LogP contribution >= 0.6 is 12.4 Å². The van der Waals surface area contributed by atoms with Crippen molar-refractivity contribution in [3.8, 4) is 0 Å². The first-order chi connectivity index (χ1) is 9.10. The molecule has 0 spiro atoms. The van der Waals surface area contributed by atoms with E-state index in [1.807, 2.05) is 6.92 Å². The monoisotopic (exact) mass is 296 g/mol. The van der Waals surface area contributed by atoms with Gasteiger partial charge in [0.05, 0.1) is 5.54 Å². The minimum atomic E-state index is -0.370. The van der Waals surface area contributed by atoms with Crippen molar-refractivity contribution in [2.75, 3.05) is 13.1 Å². The number of piperidine rings is 1. The van der Waals surface area contributed by atoms with E-state index in [9.17, 15) is 4.79 Å². The van der Waals surface area contributed by atoms with Crippen LogP contribution in [0.15, 0.2) is 24.3 Å². The molecule has 0 aliphatic carbocycles. The predicted octanol–water partition coefficient (Wildman–Crippen LogP) is 2.61. The first-order valence-electron chi connectivity index (χ1n) is 7.19. The second kappa shape index (κ2) is 7.65. The maximum Gasteiger partial charge on any atom is 0.240 e. The minimum absolute atomic E-state index is 0. The minimum Gasteiger partial charge on any atom is -0.354 e. The van der Waals surface area contributed by atoms with Gasteiger partial charge in [0, 0.05) is 6.54 Å². The lowest BCUT2D eigenvalue weighted by Gasteiger charge is -2.33. The Bertz CT molecular complexity index is 442. The Morgan fingerprint density at radius 2 is 2.20 bits per heavy atom. The summed E-state index contributed by atoms with van der Waals surface area (Å²) in [5.74, 6) is 0.139. The quantitative estimate of drug-likeness (QED) is 0.897. The molecule has 1 aromatic rings. The van der Waals surface area contributed by atoms with Crippen LogP contribution in [0.4, 0.5) is 0 Å². The third kappa shape index (κ3) is 4.50. The number of carbonyl (C=O) groups is 1. The summed E-state index contributed by atoms with van der Waals surface area (Å²) in [5.41, 5.74) is 2.18. The Morgan fingerprint density at radius 3 is 2.85 bits per heavy atom. The highest BCUT2D eigenvalue weighted by atomic mass is 35.5.